The number of ether oxygens (including phenoxy) is 1. The van der Waals surface area contributed by atoms with Gasteiger partial charge in [-0.1, -0.05) is 18.2 Å². The molecule has 6 heteroatoms. The molecule has 0 aliphatic heterocycles. The van der Waals surface area contributed by atoms with Crippen molar-refractivity contribution >= 4 is 22.5 Å². The average Bonchev–Trinajstić information content (AvgIpc) is 3.02. The highest BCUT2D eigenvalue weighted by Gasteiger charge is 2.15. The average molecular weight is 310 g/mol. The third-order valence-electron chi connectivity index (χ3n) is 3.53. The van der Waals surface area contributed by atoms with Crippen molar-refractivity contribution in [3.63, 3.8) is 0 Å². The van der Waals surface area contributed by atoms with E-state index in [0.29, 0.717) is 17.4 Å². The number of amides is 1. The Bertz CT molecular complexity index is 855. The number of fused-ring (bicyclic) bond motifs is 1. The maximum absolute atomic E-state index is 12.5. The number of aromatic nitrogens is 3. The molecule has 3 rings (SSSR count). The molecule has 6 nitrogen and oxygen atoms in total. The molecule has 3 aromatic rings. The molecule has 1 amide bonds. The second-order valence-electron chi connectivity index (χ2n) is 5.45. The van der Waals surface area contributed by atoms with Gasteiger partial charge in [0, 0.05) is 17.5 Å². The fourth-order valence-electron chi connectivity index (χ4n) is 2.44. The lowest BCUT2D eigenvalue weighted by Crippen LogP contribution is -2.18. The van der Waals surface area contributed by atoms with Gasteiger partial charge in [0.2, 0.25) is 5.88 Å². The van der Waals surface area contributed by atoms with Gasteiger partial charge in [0.1, 0.15) is 11.5 Å². The number of nitrogens with zero attached hydrogens (tertiary/aromatic N) is 3. The molecule has 0 bridgehead atoms. The molecule has 0 unspecified atom stereocenters. The van der Waals surface area contributed by atoms with Crippen molar-refractivity contribution in [1.29, 1.82) is 0 Å². The van der Waals surface area contributed by atoms with Gasteiger partial charge in [0.05, 0.1) is 13.3 Å². The Morgan fingerprint density at radius 3 is 2.78 bits per heavy atom. The van der Waals surface area contributed by atoms with E-state index in [-0.39, 0.29) is 11.9 Å². The van der Waals surface area contributed by atoms with E-state index in [2.05, 4.69) is 15.4 Å². The largest absolute Gasteiger partial charge is 0.481 e. The highest BCUT2D eigenvalue weighted by molar-refractivity contribution is 6.05. The molecule has 0 saturated heterocycles. The molecule has 1 N–H and O–H groups in total. The molecular formula is C17H18N4O2. The van der Waals surface area contributed by atoms with Gasteiger partial charge in [0.15, 0.2) is 0 Å². The Labute approximate surface area is 134 Å². The summed E-state index contributed by atoms with van der Waals surface area (Å²) in [6.07, 6.45) is 1.66. The maximum atomic E-state index is 12.5. The van der Waals surface area contributed by atoms with Crippen molar-refractivity contribution in [2.24, 2.45) is 0 Å². The number of nitrogens with one attached hydrogen (secondary N) is 1. The molecule has 23 heavy (non-hydrogen) atoms. The van der Waals surface area contributed by atoms with Crippen LogP contribution in [0.1, 0.15) is 30.4 Å². The smallest absolute Gasteiger partial charge is 0.275 e. The molecule has 0 radical (unpaired) electrons. The Balaban J connectivity index is 1.96. The third kappa shape index (κ3) is 2.88. The first-order chi connectivity index (χ1) is 11.1. The van der Waals surface area contributed by atoms with Gasteiger partial charge < -0.3 is 10.1 Å². The fourth-order valence-corrected chi connectivity index (χ4v) is 2.44. The molecule has 0 aliphatic carbocycles. The highest BCUT2D eigenvalue weighted by Crippen LogP contribution is 2.24. The maximum Gasteiger partial charge on any atom is 0.275 e. The summed E-state index contributed by atoms with van der Waals surface area (Å²) in [7, 11) is 1.55. The van der Waals surface area contributed by atoms with Gasteiger partial charge in [-0.3, -0.25) is 4.79 Å². The minimum atomic E-state index is -0.295. The summed E-state index contributed by atoms with van der Waals surface area (Å²) in [5.74, 6) is 0.779. The summed E-state index contributed by atoms with van der Waals surface area (Å²) < 4.78 is 7.05. The number of anilines is 1. The number of carbonyl (C=O) groups is 1. The summed E-state index contributed by atoms with van der Waals surface area (Å²) in [5.41, 5.74) is 0.303. The van der Waals surface area contributed by atoms with Crippen LogP contribution in [0, 0.1) is 0 Å². The molecule has 2 heterocycles. The summed E-state index contributed by atoms with van der Waals surface area (Å²) in [5, 5.41) is 8.83. The van der Waals surface area contributed by atoms with E-state index in [1.807, 2.05) is 38.1 Å². The van der Waals surface area contributed by atoms with Crippen LogP contribution >= 0.6 is 0 Å². The summed E-state index contributed by atoms with van der Waals surface area (Å²) in [4.78, 5) is 16.8. The van der Waals surface area contributed by atoms with Gasteiger partial charge in [-0.2, -0.15) is 5.10 Å². The summed E-state index contributed by atoms with van der Waals surface area (Å²) >= 11 is 0. The van der Waals surface area contributed by atoms with Crippen molar-refractivity contribution in [2.75, 3.05) is 12.4 Å². The van der Waals surface area contributed by atoms with E-state index in [1.165, 1.54) is 0 Å². The summed E-state index contributed by atoms with van der Waals surface area (Å²) in [6, 6.07) is 11.3. The Morgan fingerprint density at radius 2 is 2.04 bits per heavy atom. The van der Waals surface area contributed by atoms with E-state index in [9.17, 15) is 4.79 Å². The molecule has 0 fully saturated rings. The molecule has 2 aromatic heterocycles. The first kappa shape index (κ1) is 15.0. The van der Waals surface area contributed by atoms with Crippen LogP contribution in [0.15, 0.2) is 42.6 Å². The quantitative estimate of drug-likeness (QED) is 0.803. The topological polar surface area (TPSA) is 69.0 Å². The zero-order valence-corrected chi connectivity index (χ0v) is 13.3. The van der Waals surface area contributed by atoms with Crippen LogP contribution in [0.4, 0.5) is 5.82 Å². The standard InChI is InChI=1S/C17H18N4O2/c1-11(2)21-15(8-9-18-21)20-16(22)14-10-12-6-4-5-7-13(12)17(19-14)23-3/h4-11H,1-3H3,(H,20,22). The number of hydrogen-bond acceptors (Lipinski definition) is 4. The SMILES string of the molecule is COc1nc(C(=O)Nc2ccnn2C(C)C)cc2ccccc12. The van der Waals surface area contributed by atoms with Gasteiger partial charge in [0.25, 0.3) is 5.91 Å². The minimum Gasteiger partial charge on any atom is -0.481 e. The van der Waals surface area contributed by atoms with Crippen molar-refractivity contribution < 1.29 is 9.53 Å². The van der Waals surface area contributed by atoms with Crippen molar-refractivity contribution in [3.8, 4) is 5.88 Å². The van der Waals surface area contributed by atoms with Crippen LogP contribution in [0.25, 0.3) is 10.8 Å². The number of methoxy groups -OCH3 is 1. The van der Waals surface area contributed by atoms with E-state index in [1.54, 1.807) is 30.1 Å². The first-order valence-corrected chi connectivity index (χ1v) is 7.39. The predicted octanol–water partition coefficient (Wildman–Crippen LogP) is 3.27. The fraction of sp³-hybridized carbons (Fsp3) is 0.235. The Morgan fingerprint density at radius 1 is 1.26 bits per heavy atom. The lowest BCUT2D eigenvalue weighted by atomic mass is 10.1. The second kappa shape index (κ2) is 6.08. The van der Waals surface area contributed by atoms with Gasteiger partial charge in [-0.25, -0.2) is 9.67 Å². The molecule has 0 spiro atoms. The van der Waals surface area contributed by atoms with Gasteiger partial charge >= 0.3 is 0 Å². The highest BCUT2D eigenvalue weighted by atomic mass is 16.5. The minimum absolute atomic E-state index is 0.152. The molecule has 118 valence electrons. The van der Waals surface area contributed by atoms with Crippen LogP contribution < -0.4 is 10.1 Å². The van der Waals surface area contributed by atoms with E-state index >= 15 is 0 Å². The van der Waals surface area contributed by atoms with Crippen LogP contribution in [-0.4, -0.2) is 27.8 Å². The summed E-state index contributed by atoms with van der Waals surface area (Å²) in [6.45, 7) is 4.00. The molecule has 1 aromatic carbocycles. The third-order valence-corrected chi connectivity index (χ3v) is 3.53. The van der Waals surface area contributed by atoms with Crippen molar-refractivity contribution in [1.82, 2.24) is 14.8 Å². The number of rotatable bonds is 4. The van der Waals surface area contributed by atoms with Gasteiger partial charge in [-0.05, 0) is 31.4 Å². The Kier molecular flexibility index (Phi) is 3.97. The molecule has 0 saturated carbocycles. The Hall–Kier alpha value is -2.89. The number of hydrogen-bond donors (Lipinski definition) is 1. The molecular weight excluding hydrogens is 292 g/mol. The number of pyridine rings is 1. The molecule has 0 atom stereocenters. The second-order valence-corrected chi connectivity index (χ2v) is 5.45. The zero-order chi connectivity index (χ0) is 16.4. The zero-order valence-electron chi connectivity index (χ0n) is 13.3. The predicted molar refractivity (Wildman–Crippen MR) is 88.9 cm³/mol. The first-order valence-electron chi connectivity index (χ1n) is 7.39. The van der Waals surface area contributed by atoms with E-state index < -0.39 is 0 Å². The monoisotopic (exact) mass is 310 g/mol. The lowest BCUT2D eigenvalue weighted by Gasteiger charge is -2.12. The van der Waals surface area contributed by atoms with E-state index in [4.69, 9.17) is 4.74 Å². The van der Waals surface area contributed by atoms with Crippen LogP contribution in [-0.2, 0) is 0 Å². The van der Waals surface area contributed by atoms with Crippen molar-refractivity contribution in [3.05, 3.63) is 48.3 Å². The molecule has 0 aliphatic rings. The van der Waals surface area contributed by atoms with Crippen molar-refractivity contribution in [2.45, 2.75) is 19.9 Å². The van der Waals surface area contributed by atoms with E-state index in [0.717, 1.165) is 10.8 Å². The number of benzene rings is 1. The van der Waals surface area contributed by atoms with Crippen LogP contribution in [0.2, 0.25) is 0 Å². The normalized spacial score (nSPS) is 11.0. The number of carbonyl (C=O) groups excluding carboxylic acids is 1. The van der Waals surface area contributed by atoms with Gasteiger partial charge in [-0.15, -0.1) is 0 Å². The van der Waals surface area contributed by atoms with Crippen LogP contribution in [0.3, 0.4) is 0 Å². The van der Waals surface area contributed by atoms with Crippen LogP contribution in [0.5, 0.6) is 5.88 Å². The lowest BCUT2D eigenvalue weighted by molar-refractivity contribution is 0.102.